The second kappa shape index (κ2) is 6.31. The van der Waals surface area contributed by atoms with Gasteiger partial charge < -0.3 is 18.1 Å². The Bertz CT molecular complexity index is 798. The Hall–Kier alpha value is -2.52. The molecule has 9 heteroatoms. The van der Waals surface area contributed by atoms with Crippen LogP contribution in [0.2, 0.25) is 0 Å². The second-order valence-electron chi connectivity index (χ2n) is 4.30. The van der Waals surface area contributed by atoms with Gasteiger partial charge in [0.25, 0.3) is 0 Å². The molecule has 0 aliphatic heterocycles. The maximum atomic E-state index is 5.47. The highest BCUT2D eigenvalue weighted by atomic mass is 32.1. The van der Waals surface area contributed by atoms with Gasteiger partial charge in [-0.15, -0.1) is 0 Å². The van der Waals surface area contributed by atoms with Crippen LogP contribution in [0.5, 0.6) is 10.1 Å². The number of thiophene rings is 2. The highest BCUT2D eigenvalue weighted by Crippen LogP contribution is 2.34. The maximum Gasteiger partial charge on any atom is 0.659 e. The largest absolute Gasteiger partial charge is 0.659 e. The first-order valence-corrected chi connectivity index (χ1v) is 8.14. The third kappa shape index (κ3) is 3.15. The zero-order valence-electron chi connectivity index (χ0n) is 11.5. The molecule has 0 unspecified atom stereocenters. The molecule has 23 heavy (non-hydrogen) atoms. The molecule has 0 N–H and O–H groups in total. The van der Waals surface area contributed by atoms with Gasteiger partial charge >= 0.3 is 7.69 Å². The molecule has 0 saturated carbocycles. The van der Waals surface area contributed by atoms with Crippen molar-refractivity contribution < 1.29 is 18.1 Å². The zero-order valence-corrected chi connectivity index (χ0v) is 13.2. The molecule has 0 aromatic carbocycles. The molecule has 0 fully saturated rings. The summed E-state index contributed by atoms with van der Waals surface area (Å²) in [6.07, 6.45) is 6.11. The van der Waals surface area contributed by atoms with Gasteiger partial charge in [0.05, 0.1) is 22.1 Å². The summed E-state index contributed by atoms with van der Waals surface area (Å²) in [7, 11) is 1.30. The molecule has 0 bridgehead atoms. The van der Waals surface area contributed by atoms with Gasteiger partial charge in [-0.1, -0.05) is 22.7 Å². The van der Waals surface area contributed by atoms with Gasteiger partial charge in [-0.25, -0.2) is 9.97 Å². The fourth-order valence-corrected chi connectivity index (χ4v) is 3.38. The Morgan fingerprint density at radius 3 is 1.74 bits per heavy atom. The minimum Gasteiger partial charge on any atom is -0.519 e. The van der Waals surface area contributed by atoms with Crippen LogP contribution in [0, 0.1) is 0 Å². The number of hydrogen-bond donors (Lipinski definition) is 0. The highest BCUT2D eigenvalue weighted by Gasteiger charge is 2.11. The lowest BCUT2D eigenvalue weighted by Gasteiger charge is -2.01. The Kier molecular flexibility index (Phi) is 3.87. The van der Waals surface area contributed by atoms with E-state index in [-0.39, 0.29) is 0 Å². The lowest BCUT2D eigenvalue weighted by atomic mass is 10.4. The lowest BCUT2D eigenvalue weighted by molar-refractivity contribution is 0.473. The fourth-order valence-electron chi connectivity index (χ4n) is 1.83. The van der Waals surface area contributed by atoms with Crippen molar-refractivity contribution in [1.29, 1.82) is 0 Å². The lowest BCUT2D eigenvalue weighted by Crippen LogP contribution is -2.08. The third-order valence-electron chi connectivity index (χ3n) is 2.84. The SMILES string of the molecule is [B](Oc1ccc(-c2cnco2)s1)Oc1ccc(-c2cnco2)s1. The summed E-state index contributed by atoms with van der Waals surface area (Å²) in [5.41, 5.74) is 0. The van der Waals surface area contributed by atoms with Crippen molar-refractivity contribution in [3.8, 4) is 31.4 Å². The molecule has 4 heterocycles. The fraction of sp³-hybridized carbons (Fsp3) is 0. The van der Waals surface area contributed by atoms with Gasteiger partial charge in [0.1, 0.15) is 0 Å². The smallest absolute Gasteiger partial charge is 0.519 e. The average molecular weight is 343 g/mol. The van der Waals surface area contributed by atoms with Gasteiger partial charge in [-0.3, -0.25) is 0 Å². The summed E-state index contributed by atoms with van der Waals surface area (Å²) < 4.78 is 21.4. The van der Waals surface area contributed by atoms with Crippen molar-refractivity contribution >= 4 is 30.4 Å². The minimum absolute atomic E-state index is 0.698. The summed E-state index contributed by atoms with van der Waals surface area (Å²) >= 11 is 2.88. The normalized spacial score (nSPS) is 10.6. The van der Waals surface area contributed by atoms with Crippen LogP contribution >= 0.6 is 22.7 Å². The van der Waals surface area contributed by atoms with Gasteiger partial charge in [0.15, 0.2) is 34.4 Å². The van der Waals surface area contributed by atoms with E-state index in [1.165, 1.54) is 43.1 Å². The number of oxazole rings is 2. The predicted molar refractivity (Wildman–Crippen MR) is 86.6 cm³/mol. The Morgan fingerprint density at radius 1 is 0.783 bits per heavy atom. The summed E-state index contributed by atoms with van der Waals surface area (Å²) in [6, 6.07) is 7.50. The van der Waals surface area contributed by atoms with Crippen LogP contribution in [0.1, 0.15) is 0 Å². The summed E-state index contributed by atoms with van der Waals surface area (Å²) in [5, 5.41) is 1.40. The summed E-state index contributed by atoms with van der Waals surface area (Å²) in [6.45, 7) is 0. The molecular weight excluding hydrogens is 335 g/mol. The van der Waals surface area contributed by atoms with Crippen LogP contribution in [-0.4, -0.2) is 17.7 Å². The Balaban J connectivity index is 1.34. The molecule has 0 amide bonds. The van der Waals surface area contributed by atoms with Gasteiger partial charge in [-0.05, 0) is 24.3 Å². The van der Waals surface area contributed by atoms with E-state index in [0.717, 1.165) is 9.75 Å². The van der Waals surface area contributed by atoms with E-state index in [1.54, 1.807) is 12.4 Å². The molecule has 4 aromatic rings. The molecule has 1 radical (unpaired) electrons. The topological polar surface area (TPSA) is 70.5 Å². The average Bonchev–Trinajstić information content (AvgIpc) is 3.33. The van der Waals surface area contributed by atoms with Crippen LogP contribution in [0.4, 0.5) is 0 Å². The number of rotatable bonds is 6. The molecule has 0 saturated heterocycles. The van der Waals surface area contributed by atoms with Crippen molar-refractivity contribution in [1.82, 2.24) is 9.97 Å². The minimum atomic E-state index is 0.698. The number of hydrogen-bond acceptors (Lipinski definition) is 8. The van der Waals surface area contributed by atoms with Crippen LogP contribution in [-0.2, 0) is 0 Å². The standard InChI is InChI=1S/C14H8BN2O4S2/c1-3-13(22-11(1)9-5-16-7-18-9)20-15-21-14-4-2-12(23-14)10-6-17-8-19-10/h1-8H. The third-order valence-corrected chi connectivity index (χ3v) is 4.82. The zero-order chi connectivity index (χ0) is 15.5. The Morgan fingerprint density at radius 2 is 1.30 bits per heavy atom. The molecule has 0 aliphatic carbocycles. The van der Waals surface area contributed by atoms with Gasteiger partial charge in [0.2, 0.25) is 0 Å². The van der Waals surface area contributed by atoms with E-state index in [0.29, 0.717) is 21.6 Å². The molecule has 4 rings (SSSR count). The molecule has 0 aliphatic rings. The van der Waals surface area contributed by atoms with E-state index in [2.05, 4.69) is 9.97 Å². The van der Waals surface area contributed by atoms with Gasteiger partial charge in [0, 0.05) is 0 Å². The molecular formula is C14H8BN2O4S2. The van der Waals surface area contributed by atoms with Crippen molar-refractivity contribution in [3.63, 3.8) is 0 Å². The Labute approximate surface area is 139 Å². The van der Waals surface area contributed by atoms with E-state index in [9.17, 15) is 0 Å². The van der Waals surface area contributed by atoms with E-state index < -0.39 is 0 Å². The van der Waals surface area contributed by atoms with Crippen LogP contribution in [0.25, 0.3) is 21.3 Å². The maximum absolute atomic E-state index is 5.47. The van der Waals surface area contributed by atoms with Crippen molar-refractivity contribution in [2.75, 3.05) is 0 Å². The summed E-state index contributed by atoms with van der Waals surface area (Å²) in [4.78, 5) is 9.66. The van der Waals surface area contributed by atoms with E-state index in [1.807, 2.05) is 24.3 Å². The van der Waals surface area contributed by atoms with Crippen molar-refractivity contribution in [2.45, 2.75) is 0 Å². The van der Waals surface area contributed by atoms with Gasteiger partial charge in [-0.2, -0.15) is 0 Å². The first-order valence-electron chi connectivity index (χ1n) is 6.51. The van der Waals surface area contributed by atoms with Crippen LogP contribution in [0.3, 0.4) is 0 Å². The molecule has 0 atom stereocenters. The van der Waals surface area contributed by atoms with E-state index >= 15 is 0 Å². The predicted octanol–water partition coefficient (Wildman–Crippen LogP) is 4.11. The number of aromatic nitrogens is 2. The monoisotopic (exact) mass is 343 g/mol. The molecule has 4 aromatic heterocycles. The summed E-state index contributed by atoms with van der Waals surface area (Å²) in [5.74, 6) is 1.42. The molecule has 113 valence electrons. The number of nitrogens with zero attached hydrogens (tertiary/aromatic N) is 2. The molecule has 0 spiro atoms. The van der Waals surface area contributed by atoms with Crippen molar-refractivity contribution in [2.24, 2.45) is 0 Å². The van der Waals surface area contributed by atoms with Crippen molar-refractivity contribution in [3.05, 3.63) is 49.4 Å². The van der Waals surface area contributed by atoms with Crippen LogP contribution < -0.4 is 9.31 Å². The van der Waals surface area contributed by atoms with Crippen LogP contribution in [0.15, 0.2) is 58.3 Å². The quantitative estimate of drug-likeness (QED) is 0.491. The second-order valence-corrected chi connectivity index (χ2v) is 6.39. The highest BCUT2D eigenvalue weighted by molar-refractivity contribution is 7.17. The first kappa shape index (κ1) is 14.1. The molecule has 6 nitrogen and oxygen atoms in total. The first-order chi connectivity index (χ1) is 11.4. The van der Waals surface area contributed by atoms with E-state index in [4.69, 9.17) is 18.1 Å².